The van der Waals surface area contributed by atoms with Gasteiger partial charge in [-0.25, -0.2) is 9.37 Å². The molecular formula is C14H18FN3OS. The van der Waals surface area contributed by atoms with Gasteiger partial charge in [0.05, 0.1) is 12.1 Å². The molecule has 2 rings (SSSR count). The summed E-state index contributed by atoms with van der Waals surface area (Å²) in [5.41, 5.74) is 4.65. The Morgan fingerprint density at radius 3 is 2.80 bits per heavy atom. The predicted octanol–water partition coefficient (Wildman–Crippen LogP) is 2.22. The van der Waals surface area contributed by atoms with Crippen molar-refractivity contribution in [2.75, 3.05) is 7.11 Å². The quantitative estimate of drug-likeness (QED) is 0.634. The molecule has 1 aromatic heterocycles. The Labute approximate surface area is 121 Å². The molecule has 0 aliphatic carbocycles. The summed E-state index contributed by atoms with van der Waals surface area (Å²) in [5, 5.41) is 3.04. The van der Waals surface area contributed by atoms with Crippen molar-refractivity contribution in [3.05, 3.63) is 45.7 Å². The molecule has 1 heterocycles. The van der Waals surface area contributed by atoms with Crippen molar-refractivity contribution in [3.63, 3.8) is 0 Å². The number of thiazole rings is 1. The standard InChI is InChI=1S/C14H18FN3OS/c1-9-8-20-14(17-9)7-11(18-16)5-10-3-4-13(19-2)12(15)6-10/h3-4,6,8,11,18H,5,7,16H2,1-2H3. The van der Waals surface area contributed by atoms with E-state index in [1.807, 2.05) is 18.4 Å². The SMILES string of the molecule is COc1ccc(CC(Cc2nc(C)cs2)NN)cc1F. The minimum absolute atomic E-state index is 0.0216. The Bertz CT molecular complexity index is 573. The van der Waals surface area contributed by atoms with Crippen LogP contribution in [-0.2, 0) is 12.8 Å². The molecule has 6 heteroatoms. The summed E-state index contributed by atoms with van der Waals surface area (Å²) in [6, 6.07) is 4.98. The monoisotopic (exact) mass is 295 g/mol. The Morgan fingerprint density at radius 2 is 2.25 bits per heavy atom. The number of ether oxygens (including phenoxy) is 1. The maximum Gasteiger partial charge on any atom is 0.165 e. The topological polar surface area (TPSA) is 60.2 Å². The summed E-state index contributed by atoms with van der Waals surface area (Å²) in [6.07, 6.45) is 1.36. The normalized spacial score (nSPS) is 12.4. The zero-order valence-electron chi connectivity index (χ0n) is 11.5. The van der Waals surface area contributed by atoms with Crippen molar-refractivity contribution in [1.82, 2.24) is 10.4 Å². The summed E-state index contributed by atoms with van der Waals surface area (Å²) in [7, 11) is 1.45. The molecule has 0 amide bonds. The third kappa shape index (κ3) is 3.75. The molecule has 0 saturated carbocycles. The molecular weight excluding hydrogens is 277 g/mol. The first-order valence-electron chi connectivity index (χ1n) is 6.32. The van der Waals surface area contributed by atoms with Gasteiger partial charge in [0.2, 0.25) is 0 Å². The second-order valence-corrected chi connectivity index (χ2v) is 5.57. The Kier molecular flexibility index (Phi) is 5.05. The van der Waals surface area contributed by atoms with Gasteiger partial charge in [0, 0.05) is 23.5 Å². The van der Waals surface area contributed by atoms with Gasteiger partial charge < -0.3 is 4.74 Å². The van der Waals surface area contributed by atoms with E-state index in [2.05, 4.69) is 10.4 Å². The number of rotatable bonds is 6. The number of halogens is 1. The van der Waals surface area contributed by atoms with E-state index in [9.17, 15) is 4.39 Å². The van der Waals surface area contributed by atoms with Gasteiger partial charge in [-0.15, -0.1) is 11.3 Å². The van der Waals surface area contributed by atoms with Gasteiger partial charge >= 0.3 is 0 Å². The molecule has 1 aromatic carbocycles. The van der Waals surface area contributed by atoms with Crippen LogP contribution in [0.15, 0.2) is 23.6 Å². The minimum Gasteiger partial charge on any atom is -0.494 e. The van der Waals surface area contributed by atoms with E-state index in [4.69, 9.17) is 10.6 Å². The fourth-order valence-corrected chi connectivity index (χ4v) is 2.87. The summed E-state index contributed by atoms with van der Waals surface area (Å²) in [6.45, 7) is 1.96. The smallest absolute Gasteiger partial charge is 0.165 e. The van der Waals surface area contributed by atoms with Crippen LogP contribution in [0.25, 0.3) is 0 Å². The average Bonchev–Trinajstić information content (AvgIpc) is 2.83. The molecule has 0 spiro atoms. The fraction of sp³-hybridized carbons (Fsp3) is 0.357. The number of nitrogens with zero attached hydrogens (tertiary/aromatic N) is 1. The van der Waals surface area contributed by atoms with Gasteiger partial charge in [0.25, 0.3) is 0 Å². The molecule has 0 aliphatic rings. The minimum atomic E-state index is -0.356. The lowest BCUT2D eigenvalue weighted by molar-refractivity contribution is 0.386. The highest BCUT2D eigenvalue weighted by Gasteiger charge is 2.13. The van der Waals surface area contributed by atoms with Crippen LogP contribution >= 0.6 is 11.3 Å². The van der Waals surface area contributed by atoms with Crippen molar-refractivity contribution in [1.29, 1.82) is 0 Å². The number of hydrogen-bond donors (Lipinski definition) is 2. The number of hydrogen-bond acceptors (Lipinski definition) is 5. The Morgan fingerprint density at radius 1 is 1.45 bits per heavy atom. The lowest BCUT2D eigenvalue weighted by Gasteiger charge is -2.15. The number of aromatic nitrogens is 1. The van der Waals surface area contributed by atoms with Crippen molar-refractivity contribution < 1.29 is 9.13 Å². The number of nitrogens with two attached hydrogens (primary N) is 1. The molecule has 0 aliphatic heterocycles. The first-order valence-corrected chi connectivity index (χ1v) is 7.20. The van der Waals surface area contributed by atoms with E-state index in [1.165, 1.54) is 13.2 Å². The van der Waals surface area contributed by atoms with Crippen LogP contribution in [0.5, 0.6) is 5.75 Å². The molecule has 108 valence electrons. The molecule has 2 aromatic rings. The Hall–Kier alpha value is -1.50. The van der Waals surface area contributed by atoms with Gasteiger partial charge in [-0.2, -0.15) is 0 Å². The van der Waals surface area contributed by atoms with E-state index in [-0.39, 0.29) is 17.6 Å². The summed E-state index contributed by atoms with van der Waals surface area (Å²) in [5.74, 6) is 5.47. The number of benzene rings is 1. The first-order chi connectivity index (χ1) is 9.62. The third-order valence-corrected chi connectivity index (χ3v) is 4.01. The van der Waals surface area contributed by atoms with E-state index < -0.39 is 0 Å². The highest BCUT2D eigenvalue weighted by atomic mass is 32.1. The van der Waals surface area contributed by atoms with Crippen LogP contribution in [0.1, 0.15) is 16.3 Å². The first kappa shape index (κ1) is 14.9. The molecule has 0 radical (unpaired) electrons. The van der Waals surface area contributed by atoms with Gasteiger partial charge in [0.15, 0.2) is 11.6 Å². The van der Waals surface area contributed by atoms with E-state index in [1.54, 1.807) is 17.4 Å². The van der Waals surface area contributed by atoms with Crippen molar-refractivity contribution >= 4 is 11.3 Å². The van der Waals surface area contributed by atoms with Gasteiger partial charge in [-0.3, -0.25) is 11.3 Å². The summed E-state index contributed by atoms with van der Waals surface area (Å²) >= 11 is 1.61. The average molecular weight is 295 g/mol. The van der Waals surface area contributed by atoms with Crippen LogP contribution in [0, 0.1) is 12.7 Å². The largest absolute Gasteiger partial charge is 0.494 e. The summed E-state index contributed by atoms with van der Waals surface area (Å²) in [4.78, 5) is 4.41. The van der Waals surface area contributed by atoms with E-state index in [0.717, 1.165) is 22.7 Å². The molecule has 1 atom stereocenters. The molecule has 0 bridgehead atoms. The number of aryl methyl sites for hydroxylation is 1. The molecule has 20 heavy (non-hydrogen) atoms. The van der Waals surface area contributed by atoms with E-state index in [0.29, 0.717) is 6.42 Å². The second-order valence-electron chi connectivity index (χ2n) is 4.62. The van der Waals surface area contributed by atoms with Crippen LogP contribution in [-0.4, -0.2) is 18.1 Å². The number of nitrogens with one attached hydrogen (secondary N) is 1. The predicted molar refractivity (Wildman–Crippen MR) is 78.3 cm³/mol. The van der Waals surface area contributed by atoms with Crippen LogP contribution < -0.4 is 16.0 Å². The summed E-state index contributed by atoms with van der Waals surface area (Å²) < 4.78 is 18.6. The highest BCUT2D eigenvalue weighted by molar-refractivity contribution is 7.09. The fourth-order valence-electron chi connectivity index (χ4n) is 2.02. The van der Waals surface area contributed by atoms with Crippen LogP contribution in [0.2, 0.25) is 0 Å². The molecule has 1 unspecified atom stereocenters. The van der Waals surface area contributed by atoms with Crippen LogP contribution in [0.4, 0.5) is 4.39 Å². The maximum atomic E-state index is 13.6. The zero-order valence-corrected chi connectivity index (χ0v) is 12.3. The molecule has 3 N–H and O–H groups in total. The number of hydrazine groups is 1. The lowest BCUT2D eigenvalue weighted by Crippen LogP contribution is -2.38. The lowest BCUT2D eigenvalue weighted by atomic mass is 10.0. The van der Waals surface area contributed by atoms with Crippen molar-refractivity contribution in [3.8, 4) is 5.75 Å². The van der Waals surface area contributed by atoms with Gasteiger partial charge in [-0.05, 0) is 31.0 Å². The molecule has 4 nitrogen and oxygen atoms in total. The van der Waals surface area contributed by atoms with E-state index >= 15 is 0 Å². The van der Waals surface area contributed by atoms with Gasteiger partial charge in [0.1, 0.15) is 0 Å². The van der Waals surface area contributed by atoms with Gasteiger partial charge in [-0.1, -0.05) is 6.07 Å². The third-order valence-electron chi connectivity index (χ3n) is 3.02. The number of methoxy groups -OCH3 is 1. The Balaban J connectivity index is 2.04. The maximum absolute atomic E-state index is 13.6. The zero-order chi connectivity index (χ0) is 14.5. The van der Waals surface area contributed by atoms with Crippen LogP contribution in [0.3, 0.4) is 0 Å². The van der Waals surface area contributed by atoms with Crippen molar-refractivity contribution in [2.45, 2.75) is 25.8 Å². The highest BCUT2D eigenvalue weighted by Crippen LogP contribution is 2.19. The molecule has 0 saturated heterocycles. The van der Waals surface area contributed by atoms with Crippen molar-refractivity contribution in [2.24, 2.45) is 5.84 Å². The second kappa shape index (κ2) is 6.78. The molecule has 0 fully saturated rings.